The van der Waals surface area contributed by atoms with Gasteiger partial charge in [-0.25, -0.2) is 0 Å². The molecule has 0 heterocycles. The maximum Gasteiger partial charge on any atom is 0.250 e. The Morgan fingerprint density at radius 2 is 2.00 bits per heavy atom. The number of allylic oxidation sites excluding steroid dienone is 1. The molecule has 0 aromatic carbocycles. The van der Waals surface area contributed by atoms with E-state index in [0.717, 1.165) is 0 Å². The molecule has 1 aliphatic carbocycles. The lowest BCUT2D eigenvalue weighted by Gasteiger charge is -2.25. The molecule has 0 aromatic rings. The van der Waals surface area contributed by atoms with Gasteiger partial charge in [-0.1, -0.05) is 18.2 Å². The molecule has 0 fully saturated rings. The topological polar surface area (TPSA) is 58.2 Å². The molecule has 0 saturated carbocycles. The van der Waals surface area contributed by atoms with E-state index in [1.165, 1.54) is 0 Å². The molecule has 4 heteroatoms. The van der Waals surface area contributed by atoms with Crippen molar-refractivity contribution in [3.8, 4) is 0 Å². The Labute approximate surface area is 89.4 Å². The molecule has 0 saturated heterocycles. The van der Waals surface area contributed by atoms with Gasteiger partial charge in [-0.15, -0.1) is 0 Å². The maximum absolute atomic E-state index is 11.5. The fraction of sp³-hybridized carbons (Fsp3) is 0.455. The number of hydrogen-bond acceptors (Lipinski definition) is 2. The summed E-state index contributed by atoms with van der Waals surface area (Å²) in [6.07, 6.45) is 5.80. The molecule has 0 spiro atoms. The van der Waals surface area contributed by atoms with Crippen molar-refractivity contribution in [3.05, 3.63) is 23.8 Å². The Balaban J connectivity index is 2.79. The number of carbonyl (C=O) groups is 2. The average molecular weight is 208 g/mol. The van der Waals surface area contributed by atoms with Gasteiger partial charge in [-0.3, -0.25) is 9.59 Å². The van der Waals surface area contributed by atoms with Crippen LogP contribution in [0.15, 0.2) is 23.8 Å². The minimum Gasteiger partial charge on any atom is -0.358 e. The van der Waals surface area contributed by atoms with Crippen molar-refractivity contribution in [1.82, 2.24) is 10.6 Å². The van der Waals surface area contributed by atoms with Crippen LogP contribution in [0.1, 0.15) is 13.3 Å². The summed E-state index contributed by atoms with van der Waals surface area (Å²) in [5.41, 5.74) is 0.0746. The van der Waals surface area contributed by atoms with Crippen molar-refractivity contribution in [3.63, 3.8) is 0 Å². The van der Waals surface area contributed by atoms with Crippen molar-refractivity contribution in [2.75, 3.05) is 14.1 Å². The highest BCUT2D eigenvalue weighted by molar-refractivity contribution is 5.97. The highest BCUT2D eigenvalue weighted by atomic mass is 16.2. The second-order valence-electron chi connectivity index (χ2n) is 3.77. The normalized spacial score (nSPS) is 24.3. The summed E-state index contributed by atoms with van der Waals surface area (Å²) in [5, 5.41) is 5.16. The van der Waals surface area contributed by atoms with Crippen molar-refractivity contribution in [2.24, 2.45) is 5.41 Å². The Morgan fingerprint density at radius 3 is 2.40 bits per heavy atom. The zero-order valence-electron chi connectivity index (χ0n) is 9.26. The van der Waals surface area contributed by atoms with Gasteiger partial charge >= 0.3 is 0 Å². The first-order valence-corrected chi connectivity index (χ1v) is 4.87. The molecule has 0 aromatic heterocycles. The molecule has 0 aliphatic heterocycles. The third kappa shape index (κ3) is 2.26. The zero-order chi connectivity index (χ0) is 11.5. The second kappa shape index (κ2) is 4.29. The van der Waals surface area contributed by atoms with Crippen LogP contribution in [0, 0.1) is 5.41 Å². The van der Waals surface area contributed by atoms with Crippen LogP contribution in [0.2, 0.25) is 0 Å². The van der Waals surface area contributed by atoms with Crippen LogP contribution in [0.5, 0.6) is 0 Å². The van der Waals surface area contributed by atoms with E-state index in [2.05, 4.69) is 10.6 Å². The fourth-order valence-electron chi connectivity index (χ4n) is 1.50. The number of likely N-dealkylation sites (N-methyl/N-ethyl adjacent to an activating group) is 1. The molecule has 1 unspecified atom stereocenters. The molecule has 82 valence electrons. The average Bonchev–Trinajstić information content (AvgIpc) is 2.28. The maximum atomic E-state index is 11.5. The fourth-order valence-corrected chi connectivity index (χ4v) is 1.50. The molecule has 2 N–H and O–H groups in total. The standard InChI is InChI=1S/C11H16N2O2/c1-11(10(15)13-3)6-4-8(5-7-11)9(14)12-2/h4-6H,7H2,1-3H3,(H,12,14)(H,13,15). The van der Waals surface area contributed by atoms with Gasteiger partial charge in [0, 0.05) is 19.7 Å². The highest BCUT2D eigenvalue weighted by Gasteiger charge is 2.30. The van der Waals surface area contributed by atoms with Crippen LogP contribution in [0.4, 0.5) is 0 Å². The summed E-state index contributed by atoms with van der Waals surface area (Å²) in [7, 11) is 3.20. The second-order valence-corrected chi connectivity index (χ2v) is 3.77. The van der Waals surface area contributed by atoms with Gasteiger partial charge in [0.25, 0.3) is 5.91 Å². The minimum atomic E-state index is -0.535. The van der Waals surface area contributed by atoms with Crippen LogP contribution in [0.3, 0.4) is 0 Å². The van der Waals surface area contributed by atoms with Crippen molar-refractivity contribution in [2.45, 2.75) is 13.3 Å². The molecular formula is C11H16N2O2. The number of rotatable bonds is 2. The Bertz CT molecular complexity index is 344. The van der Waals surface area contributed by atoms with Gasteiger partial charge in [0.15, 0.2) is 0 Å². The van der Waals surface area contributed by atoms with Gasteiger partial charge in [-0.05, 0) is 13.3 Å². The van der Waals surface area contributed by atoms with Crippen molar-refractivity contribution >= 4 is 11.8 Å². The van der Waals surface area contributed by atoms with Crippen LogP contribution >= 0.6 is 0 Å². The summed E-state index contributed by atoms with van der Waals surface area (Å²) in [4.78, 5) is 22.8. The van der Waals surface area contributed by atoms with E-state index in [4.69, 9.17) is 0 Å². The van der Waals surface area contributed by atoms with E-state index >= 15 is 0 Å². The summed E-state index contributed by atoms with van der Waals surface area (Å²) in [6.45, 7) is 1.85. The monoisotopic (exact) mass is 208 g/mol. The SMILES string of the molecule is CNC(=O)C1=CCC(C)(C(=O)NC)C=C1. The Kier molecular flexibility index (Phi) is 3.29. The first-order chi connectivity index (χ1) is 7.03. The minimum absolute atomic E-state index is 0.0362. The zero-order valence-corrected chi connectivity index (χ0v) is 9.26. The number of hydrogen-bond donors (Lipinski definition) is 2. The van der Waals surface area contributed by atoms with Gasteiger partial charge in [-0.2, -0.15) is 0 Å². The molecule has 1 aliphatic rings. The Hall–Kier alpha value is -1.58. The first-order valence-electron chi connectivity index (χ1n) is 4.87. The highest BCUT2D eigenvalue weighted by Crippen LogP contribution is 2.29. The third-order valence-electron chi connectivity index (χ3n) is 2.61. The summed E-state index contributed by atoms with van der Waals surface area (Å²) in [6, 6.07) is 0. The first kappa shape index (κ1) is 11.5. The summed E-state index contributed by atoms with van der Waals surface area (Å²) >= 11 is 0. The summed E-state index contributed by atoms with van der Waals surface area (Å²) < 4.78 is 0. The molecule has 0 bridgehead atoms. The largest absolute Gasteiger partial charge is 0.358 e. The van der Waals surface area contributed by atoms with E-state index in [9.17, 15) is 9.59 Å². The lowest BCUT2D eigenvalue weighted by atomic mass is 9.81. The molecule has 15 heavy (non-hydrogen) atoms. The van der Waals surface area contributed by atoms with E-state index in [0.29, 0.717) is 12.0 Å². The Morgan fingerprint density at radius 1 is 1.33 bits per heavy atom. The van der Waals surface area contributed by atoms with E-state index in [1.54, 1.807) is 32.3 Å². The predicted molar refractivity (Wildman–Crippen MR) is 58.1 cm³/mol. The quantitative estimate of drug-likeness (QED) is 0.689. The van der Waals surface area contributed by atoms with Crippen LogP contribution in [-0.4, -0.2) is 25.9 Å². The van der Waals surface area contributed by atoms with E-state index < -0.39 is 5.41 Å². The van der Waals surface area contributed by atoms with Crippen LogP contribution < -0.4 is 10.6 Å². The van der Waals surface area contributed by atoms with Gasteiger partial charge in [0.2, 0.25) is 5.91 Å². The molecule has 4 nitrogen and oxygen atoms in total. The van der Waals surface area contributed by atoms with Crippen LogP contribution in [0.25, 0.3) is 0 Å². The van der Waals surface area contributed by atoms with Gasteiger partial charge in [0.1, 0.15) is 0 Å². The molecule has 0 radical (unpaired) electrons. The van der Waals surface area contributed by atoms with Crippen molar-refractivity contribution < 1.29 is 9.59 Å². The van der Waals surface area contributed by atoms with Crippen LogP contribution in [-0.2, 0) is 9.59 Å². The number of nitrogens with one attached hydrogen (secondary N) is 2. The number of carbonyl (C=O) groups excluding carboxylic acids is 2. The van der Waals surface area contributed by atoms with Crippen molar-refractivity contribution in [1.29, 1.82) is 0 Å². The lowest BCUT2D eigenvalue weighted by molar-refractivity contribution is -0.127. The van der Waals surface area contributed by atoms with Gasteiger partial charge < -0.3 is 10.6 Å². The van der Waals surface area contributed by atoms with Gasteiger partial charge in [0.05, 0.1) is 5.41 Å². The molecule has 2 amide bonds. The van der Waals surface area contributed by atoms with E-state index in [1.807, 2.05) is 6.92 Å². The third-order valence-corrected chi connectivity index (χ3v) is 2.61. The smallest absolute Gasteiger partial charge is 0.250 e. The molecule has 1 rings (SSSR count). The van der Waals surface area contributed by atoms with E-state index in [-0.39, 0.29) is 11.8 Å². The predicted octanol–water partition coefficient (Wildman–Crippen LogP) is 0.371. The molecular weight excluding hydrogens is 192 g/mol. The molecule has 1 atom stereocenters. The number of amides is 2. The summed E-state index contributed by atoms with van der Waals surface area (Å²) in [5.74, 6) is -0.156. The lowest BCUT2D eigenvalue weighted by Crippen LogP contribution is -2.36.